The molecule has 0 aliphatic carbocycles. The van der Waals surface area contributed by atoms with Crippen molar-refractivity contribution in [1.82, 2.24) is 5.32 Å². The zero-order valence-electron chi connectivity index (χ0n) is 16.9. The summed E-state index contributed by atoms with van der Waals surface area (Å²) >= 11 is 0. The molecular formula is C21H28FN3O4. The summed E-state index contributed by atoms with van der Waals surface area (Å²) in [6.07, 6.45) is -0.814. The Morgan fingerprint density at radius 1 is 1.10 bits per heavy atom. The van der Waals surface area contributed by atoms with Crippen LogP contribution >= 0.6 is 0 Å². The molecule has 2 aromatic carbocycles. The van der Waals surface area contributed by atoms with Gasteiger partial charge in [0.1, 0.15) is 24.3 Å². The third-order valence-corrected chi connectivity index (χ3v) is 3.79. The Labute approximate surface area is 170 Å². The zero-order valence-corrected chi connectivity index (χ0v) is 16.9. The number of hydrogen-bond acceptors (Lipinski definition) is 5. The van der Waals surface area contributed by atoms with E-state index in [2.05, 4.69) is 15.6 Å². The Kier molecular flexibility index (Phi) is 9.04. The topological polar surface area (TPSA) is 84.3 Å². The third kappa shape index (κ3) is 7.50. The van der Waals surface area contributed by atoms with E-state index in [1.807, 2.05) is 32.0 Å². The summed E-state index contributed by atoms with van der Waals surface area (Å²) in [4.78, 5) is 4.38. The van der Waals surface area contributed by atoms with E-state index in [-0.39, 0.29) is 19.0 Å². The molecule has 0 aliphatic rings. The van der Waals surface area contributed by atoms with Gasteiger partial charge >= 0.3 is 0 Å². The second-order valence-electron chi connectivity index (χ2n) is 6.06. The molecule has 0 aromatic heterocycles. The van der Waals surface area contributed by atoms with Crippen LogP contribution in [0.15, 0.2) is 47.5 Å². The lowest BCUT2D eigenvalue weighted by Gasteiger charge is -2.15. The van der Waals surface area contributed by atoms with Crippen LogP contribution in [0.5, 0.6) is 17.2 Å². The summed E-state index contributed by atoms with van der Waals surface area (Å²) < 4.78 is 29.2. The first kappa shape index (κ1) is 22.3. The predicted molar refractivity (Wildman–Crippen MR) is 112 cm³/mol. The largest absolute Gasteiger partial charge is 0.493 e. The number of nitrogens with zero attached hydrogens (tertiary/aromatic N) is 1. The summed E-state index contributed by atoms with van der Waals surface area (Å²) in [5, 5.41) is 16.4. The summed E-state index contributed by atoms with van der Waals surface area (Å²) in [6.45, 7) is 5.24. The van der Waals surface area contributed by atoms with Crippen molar-refractivity contribution >= 4 is 11.6 Å². The molecule has 0 spiro atoms. The van der Waals surface area contributed by atoms with Gasteiger partial charge in [-0.25, -0.2) is 4.39 Å². The number of anilines is 1. The average Bonchev–Trinajstić information content (AvgIpc) is 2.73. The highest BCUT2D eigenvalue weighted by atomic mass is 19.1. The molecule has 0 bridgehead atoms. The van der Waals surface area contributed by atoms with Crippen LogP contribution in [-0.2, 0) is 0 Å². The van der Waals surface area contributed by atoms with Crippen LogP contribution in [0.3, 0.4) is 0 Å². The number of guanidine groups is 1. The van der Waals surface area contributed by atoms with Crippen molar-refractivity contribution in [2.45, 2.75) is 20.0 Å². The Morgan fingerprint density at radius 3 is 2.52 bits per heavy atom. The summed E-state index contributed by atoms with van der Waals surface area (Å²) in [5.41, 5.74) is 0.766. The Morgan fingerprint density at radius 2 is 1.86 bits per heavy atom. The molecule has 0 fully saturated rings. The minimum absolute atomic E-state index is 0.0470. The van der Waals surface area contributed by atoms with Crippen molar-refractivity contribution in [2.75, 3.05) is 38.7 Å². The van der Waals surface area contributed by atoms with Crippen molar-refractivity contribution in [3.63, 3.8) is 0 Å². The number of aliphatic hydroxyl groups is 1. The normalized spacial score (nSPS) is 12.2. The first-order chi connectivity index (χ1) is 14.0. The number of nitrogens with one attached hydrogen (secondary N) is 2. The smallest absolute Gasteiger partial charge is 0.195 e. The van der Waals surface area contributed by atoms with Crippen molar-refractivity contribution in [3.05, 3.63) is 48.3 Å². The molecule has 0 heterocycles. The van der Waals surface area contributed by atoms with Crippen molar-refractivity contribution in [3.8, 4) is 17.2 Å². The molecule has 0 saturated heterocycles. The standard InChI is InChI=1S/C21H28FN3O4/c1-4-23-21(25-16-8-11-19(28-5-2)20(12-16)27-3)24-13-17(26)14-29-18-9-6-15(22)7-10-18/h6-12,17,26H,4-5,13-14H2,1-3H3,(H2,23,24,25). The summed E-state index contributed by atoms with van der Waals surface area (Å²) in [7, 11) is 1.58. The Bertz CT molecular complexity index is 784. The van der Waals surface area contributed by atoms with E-state index in [1.54, 1.807) is 7.11 Å². The molecular weight excluding hydrogens is 377 g/mol. The fourth-order valence-electron chi connectivity index (χ4n) is 2.44. The van der Waals surface area contributed by atoms with Crippen LogP contribution < -0.4 is 24.8 Å². The molecule has 0 aliphatic heterocycles. The number of halogens is 1. The van der Waals surface area contributed by atoms with Gasteiger partial charge in [-0.2, -0.15) is 0 Å². The number of methoxy groups -OCH3 is 1. The molecule has 0 amide bonds. The lowest BCUT2D eigenvalue weighted by molar-refractivity contribution is 0.114. The number of ether oxygens (including phenoxy) is 3. The van der Waals surface area contributed by atoms with E-state index in [0.717, 1.165) is 5.69 Å². The maximum Gasteiger partial charge on any atom is 0.195 e. The predicted octanol–water partition coefficient (Wildman–Crippen LogP) is 3.05. The molecule has 2 rings (SSSR count). The second-order valence-corrected chi connectivity index (χ2v) is 6.06. The Balaban J connectivity index is 1.95. The molecule has 0 saturated carbocycles. The van der Waals surface area contributed by atoms with Gasteiger partial charge in [0.15, 0.2) is 17.5 Å². The van der Waals surface area contributed by atoms with Crippen LogP contribution in [0.1, 0.15) is 13.8 Å². The van der Waals surface area contributed by atoms with Gasteiger partial charge in [-0.15, -0.1) is 0 Å². The first-order valence-electron chi connectivity index (χ1n) is 9.48. The van der Waals surface area contributed by atoms with Gasteiger partial charge in [-0.3, -0.25) is 4.99 Å². The lowest BCUT2D eigenvalue weighted by Crippen LogP contribution is -2.32. The van der Waals surface area contributed by atoms with Gasteiger partial charge in [0.25, 0.3) is 0 Å². The quantitative estimate of drug-likeness (QED) is 0.416. The van der Waals surface area contributed by atoms with E-state index >= 15 is 0 Å². The van der Waals surface area contributed by atoms with E-state index < -0.39 is 6.10 Å². The summed E-state index contributed by atoms with van der Waals surface area (Å²) in [5.74, 6) is 1.94. The number of aliphatic hydroxyl groups excluding tert-OH is 1. The maximum absolute atomic E-state index is 12.9. The van der Waals surface area contributed by atoms with Gasteiger partial charge in [0, 0.05) is 18.3 Å². The van der Waals surface area contributed by atoms with Crippen LogP contribution in [0.2, 0.25) is 0 Å². The molecule has 1 atom stereocenters. The van der Waals surface area contributed by atoms with Crippen molar-refractivity contribution in [2.24, 2.45) is 4.99 Å². The molecule has 2 aromatic rings. The highest BCUT2D eigenvalue weighted by molar-refractivity contribution is 5.93. The van der Waals surface area contributed by atoms with Gasteiger partial charge in [0.2, 0.25) is 0 Å². The van der Waals surface area contributed by atoms with Gasteiger partial charge in [-0.1, -0.05) is 0 Å². The summed E-state index contributed by atoms with van der Waals surface area (Å²) in [6, 6.07) is 11.1. The molecule has 29 heavy (non-hydrogen) atoms. The zero-order chi connectivity index (χ0) is 21.1. The minimum Gasteiger partial charge on any atom is -0.493 e. The Hall–Kier alpha value is -3.00. The van der Waals surface area contributed by atoms with E-state index in [4.69, 9.17) is 14.2 Å². The van der Waals surface area contributed by atoms with Gasteiger partial charge < -0.3 is 30.0 Å². The third-order valence-electron chi connectivity index (χ3n) is 3.79. The van der Waals surface area contributed by atoms with Crippen LogP contribution in [0.4, 0.5) is 10.1 Å². The molecule has 3 N–H and O–H groups in total. The average molecular weight is 405 g/mol. The highest BCUT2D eigenvalue weighted by Crippen LogP contribution is 2.30. The molecule has 7 nitrogen and oxygen atoms in total. The molecule has 1 unspecified atom stereocenters. The van der Waals surface area contributed by atoms with E-state index in [0.29, 0.717) is 36.4 Å². The van der Waals surface area contributed by atoms with Crippen LogP contribution in [0.25, 0.3) is 0 Å². The minimum atomic E-state index is -0.814. The van der Waals surface area contributed by atoms with Gasteiger partial charge in [-0.05, 0) is 50.2 Å². The molecule has 0 radical (unpaired) electrons. The number of benzene rings is 2. The van der Waals surface area contributed by atoms with Crippen molar-refractivity contribution < 1.29 is 23.7 Å². The monoisotopic (exact) mass is 405 g/mol. The van der Waals surface area contributed by atoms with E-state index in [1.165, 1.54) is 24.3 Å². The highest BCUT2D eigenvalue weighted by Gasteiger charge is 2.09. The van der Waals surface area contributed by atoms with E-state index in [9.17, 15) is 9.50 Å². The maximum atomic E-state index is 12.9. The number of rotatable bonds is 10. The molecule has 8 heteroatoms. The fraction of sp³-hybridized carbons (Fsp3) is 0.381. The van der Waals surface area contributed by atoms with Crippen LogP contribution in [0, 0.1) is 5.82 Å². The lowest BCUT2D eigenvalue weighted by atomic mass is 10.2. The number of hydrogen-bond donors (Lipinski definition) is 3. The SMILES string of the molecule is CCNC(=NCC(O)COc1ccc(F)cc1)Nc1ccc(OCC)c(OC)c1. The number of aliphatic imine (C=N–C) groups is 1. The fourth-order valence-corrected chi connectivity index (χ4v) is 2.44. The molecule has 158 valence electrons. The van der Waals surface area contributed by atoms with Gasteiger partial charge in [0.05, 0.1) is 20.3 Å². The van der Waals surface area contributed by atoms with Crippen molar-refractivity contribution in [1.29, 1.82) is 0 Å². The first-order valence-corrected chi connectivity index (χ1v) is 9.48. The second kappa shape index (κ2) is 11.8. The van der Waals surface area contributed by atoms with Crippen LogP contribution in [-0.4, -0.2) is 50.6 Å².